The van der Waals surface area contributed by atoms with Crippen LogP contribution in [0.25, 0.3) is 0 Å². The van der Waals surface area contributed by atoms with Gasteiger partial charge >= 0.3 is 12.1 Å². The predicted octanol–water partition coefficient (Wildman–Crippen LogP) is 6.00. The van der Waals surface area contributed by atoms with Crippen LogP contribution in [-0.4, -0.2) is 24.0 Å². The predicted molar refractivity (Wildman–Crippen MR) is 154 cm³/mol. The van der Waals surface area contributed by atoms with Crippen LogP contribution in [0.4, 0.5) is 32.3 Å². The van der Waals surface area contributed by atoms with Crippen molar-refractivity contribution in [3.63, 3.8) is 0 Å². The zero-order chi connectivity index (χ0) is 27.0. The minimum Gasteiger partial charge on any atom is -0.326 e. The lowest BCUT2D eigenvalue weighted by Gasteiger charge is -2.26. The van der Waals surface area contributed by atoms with Gasteiger partial charge in [-0.3, -0.25) is 4.79 Å². The van der Waals surface area contributed by atoms with E-state index in [9.17, 15) is 14.4 Å². The van der Waals surface area contributed by atoms with E-state index in [2.05, 4.69) is 21.3 Å². The van der Waals surface area contributed by atoms with Crippen molar-refractivity contribution in [2.24, 2.45) is 0 Å². The van der Waals surface area contributed by atoms with Crippen molar-refractivity contribution in [1.82, 2.24) is 5.32 Å². The van der Waals surface area contributed by atoms with Crippen molar-refractivity contribution in [3.05, 3.63) is 120 Å². The zero-order valence-electron chi connectivity index (χ0n) is 21.3. The molecule has 1 heterocycles. The standard InChI is InChI=1S/C31H29N5O3/c37-29-27(35-31(39)33-25-14-5-2-6-15-25)19-18-23-11-7-8-17-28(23)36(29)21-22-10-9-16-26(20-22)34-30(38)32-24-12-3-1-4-13-24/h1-17,20,27H,18-19,21H2,(H2,32,34,38)(H2,33,35,39). The fourth-order valence-corrected chi connectivity index (χ4v) is 4.60. The Balaban J connectivity index is 1.31. The average molecular weight is 520 g/mol. The number of urea groups is 2. The molecule has 196 valence electrons. The molecule has 0 saturated carbocycles. The molecule has 4 N–H and O–H groups in total. The van der Waals surface area contributed by atoms with Gasteiger partial charge in [0.25, 0.3) is 0 Å². The van der Waals surface area contributed by atoms with Gasteiger partial charge in [0.15, 0.2) is 0 Å². The second kappa shape index (κ2) is 12.0. The monoisotopic (exact) mass is 519 g/mol. The number of aryl methyl sites for hydroxylation is 1. The summed E-state index contributed by atoms with van der Waals surface area (Å²) in [5.41, 5.74) is 4.63. The zero-order valence-corrected chi connectivity index (χ0v) is 21.3. The molecule has 4 aromatic rings. The van der Waals surface area contributed by atoms with Crippen molar-refractivity contribution in [1.29, 1.82) is 0 Å². The van der Waals surface area contributed by atoms with Crippen LogP contribution in [0.3, 0.4) is 0 Å². The van der Waals surface area contributed by atoms with Gasteiger partial charge in [0.2, 0.25) is 5.91 Å². The van der Waals surface area contributed by atoms with Crippen LogP contribution in [0.2, 0.25) is 0 Å². The van der Waals surface area contributed by atoms with Crippen LogP contribution in [0.15, 0.2) is 109 Å². The molecular formula is C31H29N5O3. The van der Waals surface area contributed by atoms with Crippen LogP contribution in [-0.2, 0) is 17.8 Å². The molecule has 1 aliphatic heterocycles. The first-order valence-electron chi connectivity index (χ1n) is 12.8. The molecule has 0 saturated heterocycles. The van der Waals surface area contributed by atoms with Crippen molar-refractivity contribution in [3.8, 4) is 0 Å². The largest absolute Gasteiger partial charge is 0.326 e. The van der Waals surface area contributed by atoms with Gasteiger partial charge in [-0.25, -0.2) is 9.59 Å². The SMILES string of the molecule is O=C(Nc1ccccc1)Nc1cccc(CN2C(=O)C(NC(=O)Nc3ccccc3)CCc3ccccc32)c1. The minimum atomic E-state index is -0.695. The molecule has 0 fully saturated rings. The summed E-state index contributed by atoms with van der Waals surface area (Å²) < 4.78 is 0. The van der Waals surface area contributed by atoms with E-state index in [0.29, 0.717) is 29.9 Å². The van der Waals surface area contributed by atoms with Crippen molar-refractivity contribution >= 4 is 40.7 Å². The maximum absolute atomic E-state index is 13.8. The van der Waals surface area contributed by atoms with Crippen LogP contribution in [0.1, 0.15) is 17.5 Å². The molecule has 39 heavy (non-hydrogen) atoms. The summed E-state index contributed by atoms with van der Waals surface area (Å²) in [5, 5.41) is 11.3. The number of para-hydroxylation sites is 3. The van der Waals surface area contributed by atoms with Crippen LogP contribution >= 0.6 is 0 Å². The van der Waals surface area contributed by atoms with Gasteiger partial charge in [-0.1, -0.05) is 66.7 Å². The number of anilines is 4. The number of carbonyl (C=O) groups excluding carboxylic acids is 3. The Hall–Kier alpha value is -5.11. The molecule has 4 aromatic carbocycles. The molecule has 0 aliphatic carbocycles. The van der Waals surface area contributed by atoms with Crippen LogP contribution < -0.4 is 26.2 Å². The third-order valence-corrected chi connectivity index (χ3v) is 6.44. The molecular weight excluding hydrogens is 490 g/mol. The minimum absolute atomic E-state index is 0.191. The van der Waals surface area contributed by atoms with Crippen molar-refractivity contribution in [2.45, 2.75) is 25.4 Å². The number of amides is 5. The third-order valence-electron chi connectivity index (χ3n) is 6.44. The average Bonchev–Trinajstić information content (AvgIpc) is 3.07. The fourth-order valence-electron chi connectivity index (χ4n) is 4.60. The van der Waals surface area contributed by atoms with Gasteiger partial charge in [-0.05, 0) is 66.4 Å². The van der Waals surface area contributed by atoms with E-state index in [1.54, 1.807) is 23.1 Å². The van der Waals surface area contributed by atoms with E-state index in [0.717, 1.165) is 16.8 Å². The van der Waals surface area contributed by atoms with Crippen molar-refractivity contribution in [2.75, 3.05) is 20.9 Å². The van der Waals surface area contributed by atoms with E-state index in [-0.39, 0.29) is 18.5 Å². The second-order valence-electron chi connectivity index (χ2n) is 9.25. The number of carbonyl (C=O) groups is 3. The maximum Gasteiger partial charge on any atom is 0.323 e. The highest BCUT2D eigenvalue weighted by Crippen LogP contribution is 2.29. The first-order chi connectivity index (χ1) is 19.0. The van der Waals surface area contributed by atoms with Crippen LogP contribution in [0.5, 0.6) is 0 Å². The molecule has 8 nitrogen and oxygen atoms in total. The summed E-state index contributed by atoms with van der Waals surface area (Å²) in [6.07, 6.45) is 1.13. The lowest BCUT2D eigenvalue weighted by molar-refractivity contribution is -0.120. The maximum atomic E-state index is 13.8. The Bertz CT molecular complexity index is 1460. The van der Waals surface area contributed by atoms with E-state index in [1.165, 1.54) is 0 Å². The van der Waals surface area contributed by atoms with Crippen molar-refractivity contribution < 1.29 is 14.4 Å². The summed E-state index contributed by atoms with van der Waals surface area (Å²) in [7, 11) is 0. The number of rotatable bonds is 6. The quantitative estimate of drug-likeness (QED) is 0.251. The third kappa shape index (κ3) is 6.61. The summed E-state index contributed by atoms with van der Waals surface area (Å²) >= 11 is 0. The highest BCUT2D eigenvalue weighted by molar-refractivity contribution is 6.02. The normalized spacial score (nSPS) is 14.5. The number of hydrogen-bond acceptors (Lipinski definition) is 3. The van der Waals surface area contributed by atoms with Crippen LogP contribution in [0, 0.1) is 0 Å². The highest BCUT2D eigenvalue weighted by atomic mass is 16.2. The molecule has 5 amide bonds. The van der Waals surface area contributed by atoms with Gasteiger partial charge < -0.3 is 26.2 Å². The number of benzene rings is 4. The molecule has 1 unspecified atom stereocenters. The number of nitrogens with one attached hydrogen (secondary N) is 4. The second-order valence-corrected chi connectivity index (χ2v) is 9.25. The van der Waals surface area contributed by atoms with E-state index in [4.69, 9.17) is 0 Å². The molecule has 0 spiro atoms. The van der Waals surface area contributed by atoms with Gasteiger partial charge in [0.05, 0.1) is 6.54 Å². The highest BCUT2D eigenvalue weighted by Gasteiger charge is 2.31. The lowest BCUT2D eigenvalue weighted by Crippen LogP contribution is -2.49. The van der Waals surface area contributed by atoms with Gasteiger partial charge in [-0.2, -0.15) is 0 Å². The van der Waals surface area contributed by atoms with E-state index >= 15 is 0 Å². The van der Waals surface area contributed by atoms with Gasteiger partial charge in [0, 0.05) is 22.7 Å². The first-order valence-corrected chi connectivity index (χ1v) is 12.8. The lowest BCUT2D eigenvalue weighted by atomic mass is 10.1. The Morgan fingerprint density at radius 3 is 2.00 bits per heavy atom. The molecule has 1 aliphatic rings. The Morgan fingerprint density at radius 2 is 1.28 bits per heavy atom. The number of fused-ring (bicyclic) bond motifs is 1. The summed E-state index contributed by atoms with van der Waals surface area (Å²) in [4.78, 5) is 40.7. The smallest absolute Gasteiger partial charge is 0.323 e. The molecule has 0 aromatic heterocycles. The number of nitrogens with zero attached hydrogens (tertiary/aromatic N) is 1. The number of hydrogen-bond donors (Lipinski definition) is 4. The first kappa shape index (κ1) is 25.5. The Labute approximate surface area is 227 Å². The molecule has 0 radical (unpaired) electrons. The topological polar surface area (TPSA) is 103 Å². The van der Waals surface area contributed by atoms with E-state index < -0.39 is 12.1 Å². The summed E-state index contributed by atoms with van der Waals surface area (Å²) in [5.74, 6) is -0.191. The molecule has 5 rings (SSSR count). The van der Waals surface area contributed by atoms with E-state index in [1.807, 2.05) is 91.0 Å². The summed E-state index contributed by atoms with van der Waals surface area (Å²) in [6, 6.07) is 32.0. The molecule has 1 atom stereocenters. The molecule has 8 heteroatoms. The van der Waals surface area contributed by atoms with Gasteiger partial charge in [-0.15, -0.1) is 0 Å². The Morgan fingerprint density at radius 1 is 0.692 bits per heavy atom. The fraction of sp³-hybridized carbons (Fsp3) is 0.129. The van der Waals surface area contributed by atoms with Gasteiger partial charge in [0.1, 0.15) is 6.04 Å². The molecule has 0 bridgehead atoms. The Kier molecular flexibility index (Phi) is 7.83. The summed E-state index contributed by atoms with van der Waals surface area (Å²) in [6.45, 7) is 0.282.